The average Bonchev–Trinajstić information content (AvgIpc) is 3.67. The molecule has 3 aliphatic rings. The molecule has 2 fully saturated rings. The molecule has 4 heterocycles. The van der Waals surface area contributed by atoms with Crippen molar-refractivity contribution in [3.05, 3.63) is 59.8 Å². The highest BCUT2D eigenvalue weighted by atomic mass is 32.2. The molecule has 0 radical (unpaired) electrons. The van der Waals surface area contributed by atoms with E-state index in [9.17, 15) is 18.0 Å². The van der Waals surface area contributed by atoms with Crippen molar-refractivity contribution in [3.8, 4) is 0 Å². The fourth-order valence-electron chi connectivity index (χ4n) is 5.77. The largest absolute Gasteiger partial charge is 0.379 e. The van der Waals surface area contributed by atoms with Gasteiger partial charge in [-0.3, -0.25) is 9.59 Å². The lowest BCUT2D eigenvalue weighted by molar-refractivity contribution is -0.130. The molecule has 2 aromatic carbocycles. The van der Waals surface area contributed by atoms with Crippen LogP contribution in [0.5, 0.6) is 0 Å². The van der Waals surface area contributed by atoms with Gasteiger partial charge < -0.3 is 19.1 Å². The van der Waals surface area contributed by atoms with Crippen molar-refractivity contribution in [2.75, 3.05) is 50.8 Å². The second kappa shape index (κ2) is 10.3. The van der Waals surface area contributed by atoms with Gasteiger partial charge in [0.1, 0.15) is 6.54 Å². The highest BCUT2D eigenvalue weighted by molar-refractivity contribution is 7.89. The molecule has 2 saturated heterocycles. The van der Waals surface area contributed by atoms with Gasteiger partial charge in [0.05, 0.1) is 23.8 Å². The first kappa shape index (κ1) is 25.8. The number of carbonyl (C=O) groups is 2. The number of nitrogens with zero attached hydrogens (tertiary/aromatic N) is 4. The van der Waals surface area contributed by atoms with Gasteiger partial charge in [-0.15, -0.1) is 0 Å². The quantitative estimate of drug-likeness (QED) is 0.441. The fraction of sp³-hybridized carbons (Fsp3) is 0.379. The van der Waals surface area contributed by atoms with Crippen molar-refractivity contribution in [2.45, 2.75) is 31.2 Å². The number of para-hydroxylation sites is 1. The number of morpholine rings is 1. The Morgan fingerprint density at radius 3 is 2.51 bits per heavy atom. The van der Waals surface area contributed by atoms with Crippen LogP contribution in [0.3, 0.4) is 0 Å². The third kappa shape index (κ3) is 4.56. The van der Waals surface area contributed by atoms with E-state index in [4.69, 9.17) is 4.74 Å². The van der Waals surface area contributed by atoms with Crippen molar-refractivity contribution < 1.29 is 22.7 Å². The molecule has 39 heavy (non-hydrogen) atoms. The van der Waals surface area contributed by atoms with Crippen LogP contribution in [0.2, 0.25) is 0 Å². The van der Waals surface area contributed by atoms with E-state index in [1.54, 1.807) is 23.1 Å². The Kier molecular flexibility index (Phi) is 6.78. The third-order valence-electron chi connectivity index (χ3n) is 7.83. The number of hydrogen-bond acceptors (Lipinski definition) is 5. The standard InChI is InChI=1S/C29H32N4O5S/c1-2-33-27-10-9-22(39(36,37)32-13-15-38-16-14-32)18-24(27)25(29(33)35)17-21-19-31(26-8-4-3-7-23(21)26)20-28(34)30-11-5-6-12-30/h3-4,7-10,17-19H,2,5-6,11-16,20H2,1H3. The number of rotatable bonds is 6. The van der Waals surface area contributed by atoms with Gasteiger partial charge in [-0.2, -0.15) is 4.31 Å². The zero-order valence-corrected chi connectivity index (χ0v) is 22.8. The summed E-state index contributed by atoms with van der Waals surface area (Å²) in [6.45, 7) is 5.52. The number of likely N-dealkylation sites (tertiary alicyclic amines) is 1. The van der Waals surface area contributed by atoms with E-state index in [-0.39, 0.29) is 23.3 Å². The Morgan fingerprint density at radius 2 is 1.77 bits per heavy atom. The number of sulfonamides is 1. The van der Waals surface area contributed by atoms with Crippen LogP contribution in [-0.2, 0) is 30.9 Å². The van der Waals surface area contributed by atoms with E-state index in [1.165, 1.54) is 4.31 Å². The van der Waals surface area contributed by atoms with Gasteiger partial charge >= 0.3 is 0 Å². The predicted octanol–water partition coefficient (Wildman–Crippen LogP) is 3.19. The molecule has 0 unspecified atom stereocenters. The summed E-state index contributed by atoms with van der Waals surface area (Å²) in [6, 6.07) is 12.8. The van der Waals surface area contributed by atoms with E-state index in [2.05, 4.69) is 0 Å². The predicted molar refractivity (Wildman–Crippen MR) is 150 cm³/mol. The monoisotopic (exact) mass is 548 g/mol. The van der Waals surface area contributed by atoms with E-state index in [0.717, 1.165) is 42.4 Å². The maximum atomic E-state index is 13.6. The average molecular weight is 549 g/mol. The summed E-state index contributed by atoms with van der Waals surface area (Å²) in [5.41, 5.74) is 3.47. The Morgan fingerprint density at radius 1 is 1.03 bits per heavy atom. The smallest absolute Gasteiger partial charge is 0.258 e. The summed E-state index contributed by atoms with van der Waals surface area (Å²) in [5, 5.41) is 0.931. The van der Waals surface area contributed by atoms with E-state index >= 15 is 0 Å². The normalized spacial score (nSPS) is 19.4. The number of amides is 2. The van der Waals surface area contributed by atoms with Gasteiger partial charge in [-0.25, -0.2) is 8.42 Å². The van der Waals surface area contributed by atoms with Crippen molar-refractivity contribution in [3.63, 3.8) is 0 Å². The van der Waals surface area contributed by atoms with Crippen molar-refractivity contribution in [2.24, 2.45) is 0 Å². The highest BCUT2D eigenvalue weighted by Crippen LogP contribution is 2.40. The van der Waals surface area contributed by atoms with Crippen molar-refractivity contribution >= 4 is 50.1 Å². The highest BCUT2D eigenvalue weighted by Gasteiger charge is 2.34. The van der Waals surface area contributed by atoms with Crippen LogP contribution in [-0.4, -0.2) is 79.9 Å². The van der Waals surface area contributed by atoms with Crippen molar-refractivity contribution in [1.29, 1.82) is 0 Å². The second-order valence-corrected chi connectivity index (χ2v) is 12.1. The van der Waals surface area contributed by atoms with E-state index in [1.807, 2.05) is 52.9 Å². The molecule has 0 bridgehead atoms. The number of hydrogen-bond donors (Lipinski definition) is 0. The van der Waals surface area contributed by atoms with Crippen LogP contribution in [0.25, 0.3) is 22.6 Å². The molecule has 0 atom stereocenters. The van der Waals surface area contributed by atoms with Crippen LogP contribution in [0.4, 0.5) is 5.69 Å². The lowest BCUT2D eigenvalue weighted by Crippen LogP contribution is -2.40. The second-order valence-electron chi connectivity index (χ2n) is 10.1. The van der Waals surface area contributed by atoms with Crippen LogP contribution in [0.15, 0.2) is 53.6 Å². The molecular formula is C29H32N4O5S. The molecule has 1 aromatic heterocycles. The van der Waals surface area contributed by atoms with Gasteiger partial charge in [0.15, 0.2) is 0 Å². The van der Waals surface area contributed by atoms with Crippen LogP contribution >= 0.6 is 0 Å². The Hall–Kier alpha value is -3.47. The summed E-state index contributed by atoms with van der Waals surface area (Å²) < 4.78 is 35.5. The Balaban J connectivity index is 1.42. The molecule has 0 aliphatic carbocycles. The summed E-state index contributed by atoms with van der Waals surface area (Å²) >= 11 is 0. The minimum atomic E-state index is -3.72. The third-order valence-corrected chi connectivity index (χ3v) is 9.73. The molecule has 0 N–H and O–H groups in total. The molecule has 0 saturated carbocycles. The first-order chi connectivity index (χ1) is 18.9. The fourth-order valence-corrected chi connectivity index (χ4v) is 7.21. The molecule has 0 spiro atoms. The molecule has 6 rings (SSSR count). The molecule has 2 amide bonds. The van der Waals surface area contributed by atoms with Crippen molar-refractivity contribution in [1.82, 2.24) is 13.8 Å². The maximum Gasteiger partial charge on any atom is 0.258 e. The summed E-state index contributed by atoms with van der Waals surface area (Å²) in [5.74, 6) is -0.0803. The summed E-state index contributed by atoms with van der Waals surface area (Å²) in [6.07, 6.45) is 5.82. The van der Waals surface area contributed by atoms with Crippen LogP contribution < -0.4 is 4.90 Å². The van der Waals surface area contributed by atoms with E-state index in [0.29, 0.717) is 49.7 Å². The Bertz CT molecular complexity index is 1580. The Labute approximate surface area is 228 Å². The molecular weight excluding hydrogens is 516 g/mol. The summed E-state index contributed by atoms with van der Waals surface area (Å²) in [4.78, 5) is 30.2. The SMILES string of the molecule is CCN1C(=O)C(=Cc2cn(CC(=O)N3CCCC3)c3ccccc23)c2cc(S(=O)(=O)N3CCOCC3)ccc21. The van der Waals surface area contributed by atoms with Crippen LogP contribution in [0, 0.1) is 0 Å². The van der Waals surface area contributed by atoms with E-state index < -0.39 is 10.0 Å². The first-order valence-electron chi connectivity index (χ1n) is 13.5. The lowest BCUT2D eigenvalue weighted by Gasteiger charge is -2.26. The van der Waals surface area contributed by atoms with Gasteiger partial charge in [-0.1, -0.05) is 18.2 Å². The number of likely N-dealkylation sites (N-methyl/N-ethyl adjacent to an activating group) is 1. The number of benzene rings is 2. The van der Waals surface area contributed by atoms with Gasteiger partial charge in [-0.05, 0) is 50.1 Å². The number of aromatic nitrogens is 1. The first-order valence-corrected chi connectivity index (χ1v) is 14.9. The molecule has 9 nitrogen and oxygen atoms in total. The minimum absolute atomic E-state index is 0.0878. The molecule has 3 aliphatic heterocycles. The zero-order valence-electron chi connectivity index (χ0n) is 22.0. The number of ether oxygens (including phenoxy) is 1. The van der Waals surface area contributed by atoms with Crippen LogP contribution in [0.1, 0.15) is 30.9 Å². The summed E-state index contributed by atoms with van der Waals surface area (Å²) in [7, 11) is -3.72. The number of anilines is 1. The number of carbonyl (C=O) groups excluding carboxylic acids is 2. The maximum absolute atomic E-state index is 13.6. The van der Waals surface area contributed by atoms with Gasteiger partial charge in [0.2, 0.25) is 15.9 Å². The van der Waals surface area contributed by atoms with Gasteiger partial charge in [0, 0.05) is 66.5 Å². The van der Waals surface area contributed by atoms with Gasteiger partial charge in [0.25, 0.3) is 5.91 Å². The molecule has 3 aromatic rings. The lowest BCUT2D eigenvalue weighted by atomic mass is 10.0. The minimum Gasteiger partial charge on any atom is -0.379 e. The zero-order chi connectivity index (χ0) is 27.1. The number of fused-ring (bicyclic) bond motifs is 2. The topological polar surface area (TPSA) is 92.2 Å². The molecule has 204 valence electrons. The molecule has 10 heteroatoms.